The third kappa shape index (κ3) is 2.98. The van der Waals surface area contributed by atoms with Gasteiger partial charge in [0.2, 0.25) is 5.91 Å². The molecule has 1 aliphatic rings. The fraction of sp³-hybridized carbons (Fsp3) is 0.909. The van der Waals surface area contributed by atoms with Gasteiger partial charge in [0, 0.05) is 25.6 Å². The molecule has 1 heterocycles. The van der Waals surface area contributed by atoms with Crippen LogP contribution in [-0.4, -0.2) is 37.0 Å². The first kappa shape index (κ1) is 11.5. The Bertz CT molecular complexity index is 192. The quantitative estimate of drug-likeness (QED) is 0.737. The normalized spacial score (nSPS) is 22.0. The van der Waals surface area contributed by atoms with Gasteiger partial charge < -0.3 is 10.2 Å². The van der Waals surface area contributed by atoms with E-state index in [1.165, 1.54) is 0 Å². The molecule has 1 fully saturated rings. The largest absolute Gasteiger partial charge is 0.338 e. The highest BCUT2D eigenvalue weighted by Gasteiger charge is 2.27. The molecule has 1 saturated heterocycles. The molecule has 0 spiro atoms. The number of likely N-dealkylation sites (N-methyl/N-ethyl adjacent to an activating group) is 1. The topological polar surface area (TPSA) is 32.3 Å². The van der Waals surface area contributed by atoms with Gasteiger partial charge in [0.05, 0.1) is 0 Å². The van der Waals surface area contributed by atoms with Gasteiger partial charge in [-0.25, -0.2) is 0 Å². The van der Waals surface area contributed by atoms with E-state index >= 15 is 0 Å². The van der Waals surface area contributed by atoms with E-state index in [1.807, 2.05) is 7.05 Å². The highest BCUT2D eigenvalue weighted by atomic mass is 16.2. The molecule has 1 rings (SSSR count). The minimum absolute atomic E-state index is 0.331. The van der Waals surface area contributed by atoms with Crippen LogP contribution in [0.15, 0.2) is 0 Å². The predicted molar refractivity (Wildman–Crippen MR) is 58.1 cm³/mol. The molecule has 1 aliphatic heterocycles. The molecule has 3 nitrogen and oxygen atoms in total. The maximum absolute atomic E-state index is 11.8. The highest BCUT2D eigenvalue weighted by molar-refractivity contribution is 5.77. The molecule has 14 heavy (non-hydrogen) atoms. The molecule has 1 amide bonds. The molecule has 82 valence electrons. The number of carbonyl (C=O) groups excluding carboxylic acids is 1. The van der Waals surface area contributed by atoms with Crippen LogP contribution in [0.1, 0.15) is 33.1 Å². The summed E-state index contributed by atoms with van der Waals surface area (Å²) >= 11 is 0. The zero-order valence-corrected chi connectivity index (χ0v) is 9.55. The van der Waals surface area contributed by atoms with Crippen LogP contribution in [0.4, 0.5) is 0 Å². The van der Waals surface area contributed by atoms with Crippen LogP contribution in [0.25, 0.3) is 0 Å². The van der Waals surface area contributed by atoms with Crippen molar-refractivity contribution in [3.05, 3.63) is 0 Å². The Kier molecular flexibility index (Phi) is 4.39. The summed E-state index contributed by atoms with van der Waals surface area (Å²) < 4.78 is 0. The number of nitrogens with one attached hydrogen (secondary N) is 1. The molecule has 1 atom stereocenters. The molecule has 3 heteroatoms. The number of hydrogen-bond acceptors (Lipinski definition) is 2. The van der Waals surface area contributed by atoms with E-state index in [0.29, 0.717) is 24.3 Å². The van der Waals surface area contributed by atoms with Crippen LogP contribution in [0.5, 0.6) is 0 Å². The summed E-state index contributed by atoms with van der Waals surface area (Å²) in [7, 11) is 1.95. The van der Waals surface area contributed by atoms with Crippen molar-refractivity contribution in [2.75, 3.05) is 20.1 Å². The summed E-state index contributed by atoms with van der Waals surface area (Å²) in [4.78, 5) is 13.9. The van der Waals surface area contributed by atoms with Crippen LogP contribution < -0.4 is 5.32 Å². The lowest BCUT2D eigenvalue weighted by Gasteiger charge is -2.25. The summed E-state index contributed by atoms with van der Waals surface area (Å²) in [6, 6.07) is 0.436. The first-order chi connectivity index (χ1) is 6.65. The number of hydrogen-bond donors (Lipinski definition) is 1. The third-order valence-electron chi connectivity index (χ3n) is 2.72. The molecule has 0 radical (unpaired) electrons. The summed E-state index contributed by atoms with van der Waals surface area (Å²) in [5.41, 5.74) is 0. The van der Waals surface area contributed by atoms with Crippen molar-refractivity contribution in [3.8, 4) is 0 Å². The minimum Gasteiger partial charge on any atom is -0.338 e. The summed E-state index contributed by atoms with van der Waals surface area (Å²) in [6.45, 7) is 6.09. The lowest BCUT2D eigenvalue weighted by molar-refractivity contribution is -0.132. The van der Waals surface area contributed by atoms with Crippen LogP contribution in [0.3, 0.4) is 0 Å². The van der Waals surface area contributed by atoms with Gasteiger partial charge in [-0.05, 0) is 25.8 Å². The van der Waals surface area contributed by atoms with Gasteiger partial charge in [-0.2, -0.15) is 0 Å². The number of rotatable bonds is 4. The molecule has 0 aliphatic carbocycles. The zero-order chi connectivity index (χ0) is 10.6. The number of likely N-dealkylation sites (tertiary alicyclic amines) is 1. The van der Waals surface area contributed by atoms with Crippen LogP contribution in [0.2, 0.25) is 0 Å². The fourth-order valence-electron chi connectivity index (χ4n) is 2.08. The van der Waals surface area contributed by atoms with E-state index in [2.05, 4.69) is 24.1 Å². The Morgan fingerprint density at radius 1 is 1.57 bits per heavy atom. The number of nitrogens with zero attached hydrogens (tertiary/aromatic N) is 1. The van der Waals surface area contributed by atoms with Crippen molar-refractivity contribution in [1.82, 2.24) is 10.2 Å². The molecule has 0 aromatic rings. The first-order valence-corrected chi connectivity index (χ1v) is 5.59. The molecule has 0 saturated carbocycles. The Labute approximate surface area is 86.9 Å². The molecule has 1 N–H and O–H groups in total. The maximum atomic E-state index is 11.8. The molecule has 1 unspecified atom stereocenters. The predicted octanol–water partition coefficient (Wildman–Crippen LogP) is 1.24. The third-order valence-corrected chi connectivity index (χ3v) is 2.72. The van der Waals surface area contributed by atoms with Crippen molar-refractivity contribution in [2.45, 2.75) is 39.2 Å². The summed E-state index contributed by atoms with van der Waals surface area (Å²) in [6.07, 6.45) is 3.01. The van der Waals surface area contributed by atoms with Gasteiger partial charge in [-0.15, -0.1) is 0 Å². The van der Waals surface area contributed by atoms with E-state index in [9.17, 15) is 4.79 Å². The smallest absolute Gasteiger partial charge is 0.223 e. The van der Waals surface area contributed by atoms with E-state index in [0.717, 1.165) is 25.9 Å². The van der Waals surface area contributed by atoms with E-state index in [-0.39, 0.29) is 0 Å². The lowest BCUT2D eigenvalue weighted by atomic mass is 10.1. The second kappa shape index (κ2) is 5.35. The second-order valence-corrected chi connectivity index (χ2v) is 4.54. The van der Waals surface area contributed by atoms with E-state index in [4.69, 9.17) is 0 Å². The van der Waals surface area contributed by atoms with Gasteiger partial charge in [0.1, 0.15) is 0 Å². The first-order valence-electron chi connectivity index (χ1n) is 5.59. The second-order valence-electron chi connectivity index (χ2n) is 4.54. The average molecular weight is 198 g/mol. The van der Waals surface area contributed by atoms with Crippen molar-refractivity contribution in [1.29, 1.82) is 0 Å². The Hall–Kier alpha value is -0.570. The summed E-state index contributed by atoms with van der Waals surface area (Å²) in [5.74, 6) is 0.802. The lowest BCUT2D eigenvalue weighted by Crippen LogP contribution is -2.41. The summed E-state index contributed by atoms with van der Waals surface area (Å²) in [5, 5.41) is 3.15. The number of carbonyl (C=O) groups is 1. The van der Waals surface area contributed by atoms with Crippen LogP contribution in [-0.2, 0) is 4.79 Å². The van der Waals surface area contributed by atoms with Crippen molar-refractivity contribution in [3.63, 3.8) is 0 Å². The molecular weight excluding hydrogens is 176 g/mol. The van der Waals surface area contributed by atoms with Crippen molar-refractivity contribution >= 4 is 5.91 Å². The maximum Gasteiger partial charge on any atom is 0.223 e. The zero-order valence-electron chi connectivity index (χ0n) is 9.55. The average Bonchev–Trinajstić information content (AvgIpc) is 2.51. The fourth-order valence-corrected chi connectivity index (χ4v) is 2.08. The minimum atomic E-state index is 0.331. The van der Waals surface area contributed by atoms with Crippen molar-refractivity contribution in [2.24, 2.45) is 5.92 Å². The van der Waals surface area contributed by atoms with Gasteiger partial charge in [-0.3, -0.25) is 4.79 Å². The van der Waals surface area contributed by atoms with Gasteiger partial charge in [0.15, 0.2) is 0 Å². The molecule has 0 aromatic carbocycles. The van der Waals surface area contributed by atoms with Gasteiger partial charge in [0.25, 0.3) is 0 Å². The van der Waals surface area contributed by atoms with E-state index < -0.39 is 0 Å². The highest BCUT2D eigenvalue weighted by Crippen LogP contribution is 2.18. The van der Waals surface area contributed by atoms with Gasteiger partial charge >= 0.3 is 0 Å². The Morgan fingerprint density at radius 2 is 2.29 bits per heavy atom. The van der Waals surface area contributed by atoms with Gasteiger partial charge in [-0.1, -0.05) is 13.8 Å². The molecule has 0 aromatic heterocycles. The SMILES string of the molecule is CNCC1CCCN1C(=O)CC(C)C. The van der Waals surface area contributed by atoms with Crippen LogP contribution in [0, 0.1) is 5.92 Å². The Morgan fingerprint density at radius 3 is 2.86 bits per heavy atom. The van der Waals surface area contributed by atoms with Crippen molar-refractivity contribution < 1.29 is 4.79 Å². The Balaban J connectivity index is 2.44. The van der Waals surface area contributed by atoms with E-state index in [1.54, 1.807) is 0 Å². The standard InChI is InChI=1S/C11H22N2O/c1-9(2)7-11(14)13-6-4-5-10(13)8-12-3/h9-10,12H,4-8H2,1-3H3. The molecular formula is C11H22N2O. The number of amides is 1. The monoisotopic (exact) mass is 198 g/mol. The van der Waals surface area contributed by atoms with Crippen LogP contribution >= 0.6 is 0 Å². The molecule has 0 bridgehead atoms.